The Bertz CT molecular complexity index is 433. The zero-order chi connectivity index (χ0) is 14.6. The molecule has 0 saturated carbocycles. The Kier molecular flexibility index (Phi) is 4.97. The SMILES string of the molecule is CCC1(CC)CCN(c2nccc(CNC)c2F)CC1. The topological polar surface area (TPSA) is 28.2 Å². The van der Waals surface area contributed by atoms with E-state index < -0.39 is 0 Å². The highest BCUT2D eigenvalue weighted by Gasteiger charge is 2.32. The van der Waals surface area contributed by atoms with Gasteiger partial charge in [-0.2, -0.15) is 0 Å². The molecular formula is C16H26FN3. The Morgan fingerprint density at radius 3 is 2.50 bits per heavy atom. The van der Waals surface area contributed by atoms with E-state index in [1.807, 2.05) is 7.05 Å². The summed E-state index contributed by atoms with van der Waals surface area (Å²) in [5.41, 5.74) is 1.15. The third-order valence-electron chi connectivity index (χ3n) is 4.94. The molecule has 20 heavy (non-hydrogen) atoms. The summed E-state index contributed by atoms with van der Waals surface area (Å²) in [6.07, 6.45) is 6.42. The number of aromatic nitrogens is 1. The Balaban J connectivity index is 2.13. The fourth-order valence-electron chi connectivity index (χ4n) is 3.17. The quantitative estimate of drug-likeness (QED) is 0.896. The average Bonchev–Trinajstić information content (AvgIpc) is 2.50. The molecule has 1 fully saturated rings. The van der Waals surface area contributed by atoms with Crippen LogP contribution in [0.15, 0.2) is 12.3 Å². The first-order valence-corrected chi connectivity index (χ1v) is 7.68. The van der Waals surface area contributed by atoms with Gasteiger partial charge in [0.25, 0.3) is 0 Å². The van der Waals surface area contributed by atoms with Crippen LogP contribution in [0, 0.1) is 11.2 Å². The van der Waals surface area contributed by atoms with Crippen LogP contribution in [0.5, 0.6) is 0 Å². The fourth-order valence-corrected chi connectivity index (χ4v) is 3.17. The van der Waals surface area contributed by atoms with Gasteiger partial charge in [0, 0.05) is 31.4 Å². The van der Waals surface area contributed by atoms with Crippen LogP contribution in [-0.2, 0) is 6.54 Å². The van der Waals surface area contributed by atoms with Crippen molar-refractivity contribution in [3.63, 3.8) is 0 Å². The zero-order valence-electron chi connectivity index (χ0n) is 12.9. The number of piperidine rings is 1. The van der Waals surface area contributed by atoms with Crippen molar-refractivity contribution < 1.29 is 4.39 Å². The van der Waals surface area contributed by atoms with Gasteiger partial charge in [0.05, 0.1) is 0 Å². The molecule has 1 saturated heterocycles. The van der Waals surface area contributed by atoms with Gasteiger partial charge >= 0.3 is 0 Å². The van der Waals surface area contributed by atoms with Crippen LogP contribution in [0.3, 0.4) is 0 Å². The normalized spacial score (nSPS) is 18.3. The van der Waals surface area contributed by atoms with Gasteiger partial charge in [-0.3, -0.25) is 0 Å². The average molecular weight is 279 g/mol. The van der Waals surface area contributed by atoms with Crippen molar-refractivity contribution in [3.05, 3.63) is 23.6 Å². The molecule has 0 aromatic carbocycles. The summed E-state index contributed by atoms with van der Waals surface area (Å²) in [5, 5.41) is 3.00. The van der Waals surface area contributed by atoms with Gasteiger partial charge in [-0.05, 0) is 31.4 Å². The highest BCUT2D eigenvalue weighted by molar-refractivity contribution is 5.43. The second-order valence-corrected chi connectivity index (χ2v) is 5.83. The Labute approximate surface area is 121 Å². The zero-order valence-corrected chi connectivity index (χ0v) is 12.9. The molecule has 0 atom stereocenters. The van der Waals surface area contributed by atoms with E-state index in [1.165, 1.54) is 12.8 Å². The maximum atomic E-state index is 14.5. The first-order valence-electron chi connectivity index (χ1n) is 7.68. The Morgan fingerprint density at radius 1 is 1.30 bits per heavy atom. The predicted molar refractivity (Wildman–Crippen MR) is 81.4 cm³/mol. The maximum Gasteiger partial charge on any atom is 0.170 e. The van der Waals surface area contributed by atoms with Crippen molar-refractivity contribution in [1.29, 1.82) is 0 Å². The third kappa shape index (κ3) is 2.95. The summed E-state index contributed by atoms with van der Waals surface area (Å²) in [6.45, 7) is 6.91. The van der Waals surface area contributed by atoms with Gasteiger partial charge < -0.3 is 10.2 Å². The summed E-state index contributed by atoms with van der Waals surface area (Å²) in [7, 11) is 1.83. The number of anilines is 1. The van der Waals surface area contributed by atoms with E-state index in [2.05, 4.69) is 29.0 Å². The lowest BCUT2D eigenvalue weighted by Gasteiger charge is -2.41. The number of pyridine rings is 1. The number of nitrogens with one attached hydrogen (secondary N) is 1. The molecule has 1 aliphatic rings. The van der Waals surface area contributed by atoms with Crippen molar-refractivity contribution in [2.75, 3.05) is 25.0 Å². The molecule has 2 rings (SSSR count). The lowest BCUT2D eigenvalue weighted by atomic mass is 9.74. The number of rotatable bonds is 5. The maximum absolute atomic E-state index is 14.5. The molecule has 0 aliphatic carbocycles. The van der Waals surface area contributed by atoms with Gasteiger partial charge in [-0.15, -0.1) is 0 Å². The second-order valence-electron chi connectivity index (χ2n) is 5.83. The van der Waals surface area contributed by atoms with Crippen LogP contribution in [0.25, 0.3) is 0 Å². The molecule has 0 unspecified atom stereocenters. The van der Waals surface area contributed by atoms with Crippen LogP contribution in [0.4, 0.5) is 10.2 Å². The predicted octanol–water partition coefficient (Wildman–Crippen LogP) is 3.35. The lowest BCUT2D eigenvalue weighted by molar-refractivity contribution is 0.198. The van der Waals surface area contributed by atoms with Crippen LogP contribution < -0.4 is 10.2 Å². The standard InChI is InChI=1S/C16H26FN3/c1-4-16(5-2)7-10-20(11-8-16)15-14(17)13(12-18-3)6-9-19-15/h6,9,18H,4-5,7-8,10-12H2,1-3H3. The summed E-state index contributed by atoms with van der Waals surface area (Å²) in [6, 6.07) is 1.75. The van der Waals surface area contributed by atoms with Crippen molar-refractivity contribution in [1.82, 2.24) is 10.3 Å². The van der Waals surface area contributed by atoms with Crippen molar-refractivity contribution >= 4 is 5.82 Å². The van der Waals surface area contributed by atoms with Gasteiger partial charge in [-0.1, -0.05) is 26.7 Å². The molecular weight excluding hydrogens is 253 g/mol. The first kappa shape index (κ1) is 15.2. The smallest absolute Gasteiger partial charge is 0.170 e. The van der Waals surface area contributed by atoms with Gasteiger partial charge in [0.1, 0.15) is 0 Å². The second kappa shape index (κ2) is 6.53. The monoisotopic (exact) mass is 279 g/mol. The van der Waals surface area contributed by atoms with Crippen molar-refractivity contribution in [2.45, 2.75) is 46.1 Å². The Morgan fingerprint density at radius 2 is 1.95 bits per heavy atom. The molecule has 2 heterocycles. The first-order chi connectivity index (χ1) is 9.65. The highest BCUT2D eigenvalue weighted by Crippen LogP contribution is 2.39. The molecule has 112 valence electrons. The van der Waals surface area contributed by atoms with Crippen LogP contribution >= 0.6 is 0 Å². The van der Waals surface area contributed by atoms with Crippen LogP contribution in [0.2, 0.25) is 0 Å². The molecule has 0 amide bonds. The molecule has 4 heteroatoms. The van der Waals surface area contributed by atoms with Gasteiger partial charge in [-0.25, -0.2) is 9.37 Å². The highest BCUT2D eigenvalue weighted by atomic mass is 19.1. The van der Waals surface area contributed by atoms with E-state index in [-0.39, 0.29) is 5.82 Å². The summed E-state index contributed by atoms with van der Waals surface area (Å²) < 4.78 is 14.5. The van der Waals surface area contributed by atoms with E-state index in [1.54, 1.807) is 12.3 Å². The minimum absolute atomic E-state index is 0.164. The lowest BCUT2D eigenvalue weighted by Crippen LogP contribution is -2.40. The van der Waals surface area contributed by atoms with Gasteiger partial charge in [0.2, 0.25) is 0 Å². The molecule has 1 N–H and O–H groups in total. The Hall–Kier alpha value is -1.16. The van der Waals surface area contributed by atoms with E-state index in [9.17, 15) is 4.39 Å². The molecule has 1 aromatic rings. The van der Waals surface area contributed by atoms with E-state index in [0.717, 1.165) is 25.9 Å². The third-order valence-corrected chi connectivity index (χ3v) is 4.94. The number of hydrogen-bond donors (Lipinski definition) is 1. The van der Waals surface area contributed by atoms with E-state index >= 15 is 0 Å². The molecule has 0 spiro atoms. The van der Waals surface area contributed by atoms with Crippen molar-refractivity contribution in [2.24, 2.45) is 5.41 Å². The number of hydrogen-bond acceptors (Lipinski definition) is 3. The molecule has 0 radical (unpaired) electrons. The summed E-state index contributed by atoms with van der Waals surface area (Å²) in [4.78, 5) is 6.38. The van der Waals surface area contributed by atoms with Crippen LogP contribution in [-0.4, -0.2) is 25.1 Å². The molecule has 3 nitrogen and oxygen atoms in total. The number of halogens is 1. The fraction of sp³-hybridized carbons (Fsp3) is 0.688. The summed E-state index contributed by atoms with van der Waals surface area (Å²) in [5.74, 6) is 0.362. The van der Waals surface area contributed by atoms with E-state index in [0.29, 0.717) is 23.3 Å². The van der Waals surface area contributed by atoms with Crippen LogP contribution in [0.1, 0.15) is 45.1 Å². The minimum atomic E-state index is -0.164. The molecule has 0 bridgehead atoms. The molecule has 1 aliphatic heterocycles. The largest absolute Gasteiger partial charge is 0.354 e. The number of nitrogens with zero attached hydrogens (tertiary/aromatic N) is 2. The minimum Gasteiger partial charge on any atom is -0.354 e. The van der Waals surface area contributed by atoms with Crippen molar-refractivity contribution in [3.8, 4) is 0 Å². The van der Waals surface area contributed by atoms with E-state index in [4.69, 9.17) is 0 Å². The summed E-state index contributed by atoms with van der Waals surface area (Å²) >= 11 is 0. The molecule has 1 aromatic heterocycles. The van der Waals surface area contributed by atoms with Gasteiger partial charge in [0.15, 0.2) is 11.6 Å².